The van der Waals surface area contributed by atoms with Crippen molar-refractivity contribution >= 4 is 5.97 Å². The standard InChI is InChI=1S/C24H38N2O4/c1-14(2)9-17-13-26-8-7-16-10-21(28-5)22(29-6)11-18(16)19(26)12-20(17)30-24(27)23(25)15(3)4/h10-11,14-15,17,19-20,23H,7-9,12-13,25H2,1-6H3/t17?,19?,20?,23-/m0/s1/i8D2,10D,11D,12D2,13D2,17D,19D. The van der Waals surface area contributed by atoms with E-state index < -0.39 is 85.3 Å². The molecule has 2 aliphatic rings. The van der Waals surface area contributed by atoms with Gasteiger partial charge in [0, 0.05) is 40.9 Å². The molecular formula is C24H38N2O4. The summed E-state index contributed by atoms with van der Waals surface area (Å²) in [4.78, 5) is 13.4. The van der Waals surface area contributed by atoms with Gasteiger partial charge in [0.25, 0.3) is 0 Å². The number of rotatable bonds is 7. The van der Waals surface area contributed by atoms with Crippen molar-refractivity contribution in [1.29, 1.82) is 0 Å². The van der Waals surface area contributed by atoms with E-state index >= 15 is 0 Å². The minimum absolute atomic E-state index is 0.223. The molecule has 6 heteroatoms. The van der Waals surface area contributed by atoms with Gasteiger partial charge >= 0.3 is 5.97 Å². The fourth-order valence-electron chi connectivity index (χ4n) is 3.28. The molecule has 30 heavy (non-hydrogen) atoms. The van der Waals surface area contributed by atoms with E-state index in [-0.39, 0.29) is 23.5 Å². The summed E-state index contributed by atoms with van der Waals surface area (Å²) in [7, 11) is 2.40. The van der Waals surface area contributed by atoms with Gasteiger partial charge in [-0.25, -0.2) is 0 Å². The Balaban J connectivity index is 2.50. The number of hydrogen-bond acceptors (Lipinski definition) is 6. The van der Waals surface area contributed by atoms with E-state index in [9.17, 15) is 10.3 Å². The molecule has 2 N–H and O–H groups in total. The number of hydrogen-bond donors (Lipinski definition) is 1. The number of nitrogens with two attached hydrogens (primary N) is 1. The maximum Gasteiger partial charge on any atom is 0.323 e. The van der Waals surface area contributed by atoms with Gasteiger partial charge < -0.3 is 19.9 Å². The molecule has 168 valence electrons. The van der Waals surface area contributed by atoms with Gasteiger partial charge in [-0.05, 0) is 47.9 Å². The quantitative estimate of drug-likeness (QED) is 0.670. The highest BCUT2D eigenvalue weighted by Gasteiger charge is 2.41. The van der Waals surface area contributed by atoms with Crippen molar-refractivity contribution in [2.75, 3.05) is 27.2 Å². The third kappa shape index (κ3) is 4.75. The molecule has 1 fully saturated rings. The molecule has 1 aromatic carbocycles. The molecule has 0 aliphatic carbocycles. The van der Waals surface area contributed by atoms with Gasteiger partial charge in [0.2, 0.25) is 0 Å². The second kappa shape index (κ2) is 9.56. The number of benzene rings is 1. The van der Waals surface area contributed by atoms with E-state index in [0.29, 0.717) is 4.90 Å². The Morgan fingerprint density at radius 2 is 1.97 bits per heavy atom. The van der Waals surface area contributed by atoms with E-state index in [1.165, 1.54) is 14.2 Å². The Bertz CT molecular complexity index is 1180. The van der Waals surface area contributed by atoms with Crippen molar-refractivity contribution in [3.05, 3.63) is 23.2 Å². The van der Waals surface area contributed by atoms with Gasteiger partial charge in [0.05, 0.1) is 18.3 Å². The van der Waals surface area contributed by atoms with E-state index in [2.05, 4.69) is 0 Å². The van der Waals surface area contributed by atoms with Crippen LogP contribution in [0.1, 0.15) is 71.3 Å². The molecule has 1 saturated heterocycles. The smallest absolute Gasteiger partial charge is 0.323 e. The van der Waals surface area contributed by atoms with Crippen LogP contribution >= 0.6 is 0 Å². The summed E-state index contributed by atoms with van der Waals surface area (Å²) in [6.07, 6.45) is -6.53. The Morgan fingerprint density at radius 1 is 1.30 bits per heavy atom. The number of nitrogens with zero attached hydrogens (tertiary/aromatic N) is 1. The first-order valence-electron chi connectivity index (χ1n) is 15.1. The zero-order chi connectivity index (χ0) is 31.0. The van der Waals surface area contributed by atoms with Gasteiger partial charge in [0.15, 0.2) is 11.5 Å². The molecule has 0 radical (unpaired) electrons. The second-order valence-electron chi connectivity index (χ2n) is 8.16. The highest BCUT2D eigenvalue weighted by molar-refractivity contribution is 5.76. The van der Waals surface area contributed by atoms with Gasteiger partial charge in [-0.15, -0.1) is 0 Å². The molecule has 3 rings (SSSR count). The highest BCUT2D eigenvalue weighted by Crippen LogP contribution is 2.44. The van der Waals surface area contributed by atoms with Crippen LogP contribution in [-0.4, -0.2) is 50.2 Å². The van der Waals surface area contributed by atoms with Crippen molar-refractivity contribution in [3.8, 4) is 11.5 Å². The van der Waals surface area contributed by atoms with Crippen LogP contribution in [0.25, 0.3) is 0 Å². The molecule has 1 aromatic rings. The van der Waals surface area contributed by atoms with Crippen LogP contribution in [0.4, 0.5) is 0 Å². The zero-order valence-corrected chi connectivity index (χ0v) is 18.4. The van der Waals surface area contributed by atoms with Crippen molar-refractivity contribution in [3.63, 3.8) is 0 Å². The average molecular weight is 429 g/mol. The average Bonchev–Trinajstić information content (AvgIpc) is 2.80. The molecule has 0 saturated carbocycles. The van der Waals surface area contributed by atoms with Crippen LogP contribution in [0.5, 0.6) is 11.5 Å². The van der Waals surface area contributed by atoms with Crippen LogP contribution in [0.15, 0.2) is 12.1 Å². The van der Waals surface area contributed by atoms with Crippen LogP contribution in [0.2, 0.25) is 0 Å². The zero-order valence-electron chi connectivity index (χ0n) is 28.4. The minimum Gasteiger partial charge on any atom is -0.493 e. The molecule has 0 spiro atoms. The fraction of sp³-hybridized carbons (Fsp3) is 0.708. The van der Waals surface area contributed by atoms with Gasteiger partial charge in [-0.1, -0.05) is 27.7 Å². The van der Waals surface area contributed by atoms with E-state index in [4.69, 9.17) is 28.2 Å². The lowest BCUT2D eigenvalue weighted by molar-refractivity contribution is -0.160. The monoisotopic (exact) mass is 428 g/mol. The predicted molar refractivity (Wildman–Crippen MR) is 118 cm³/mol. The largest absolute Gasteiger partial charge is 0.493 e. The fourth-order valence-corrected chi connectivity index (χ4v) is 3.28. The Hall–Kier alpha value is -1.79. The van der Waals surface area contributed by atoms with E-state index in [1.54, 1.807) is 27.7 Å². The van der Waals surface area contributed by atoms with Gasteiger partial charge in [-0.2, -0.15) is 0 Å². The molecule has 6 nitrogen and oxygen atoms in total. The number of methoxy groups -OCH3 is 2. The first-order valence-corrected chi connectivity index (χ1v) is 10.1. The number of ether oxygens (including phenoxy) is 3. The lowest BCUT2D eigenvalue weighted by atomic mass is 9.79. The van der Waals surface area contributed by atoms with Crippen LogP contribution in [0.3, 0.4) is 0 Å². The highest BCUT2D eigenvalue weighted by atomic mass is 16.5. The maximum atomic E-state index is 13.1. The van der Waals surface area contributed by atoms with E-state index in [0.717, 1.165) is 0 Å². The maximum absolute atomic E-state index is 13.1. The molecular weight excluding hydrogens is 380 g/mol. The van der Waals surface area contributed by atoms with Crippen molar-refractivity contribution in [2.24, 2.45) is 23.5 Å². The minimum atomic E-state index is -3.20. The van der Waals surface area contributed by atoms with Gasteiger partial charge in [-0.3, -0.25) is 9.69 Å². The van der Waals surface area contributed by atoms with Crippen LogP contribution in [-0.2, 0) is 16.0 Å². The molecule has 0 amide bonds. The molecule has 0 aromatic heterocycles. The molecule has 3 unspecified atom stereocenters. The number of fused-ring (bicyclic) bond motifs is 3. The van der Waals surface area contributed by atoms with Crippen LogP contribution < -0.4 is 15.2 Å². The predicted octanol–water partition coefficient (Wildman–Crippen LogP) is 3.56. The molecule has 4 atom stereocenters. The number of esters is 1. The Kier molecular flexibility index (Phi) is 4.12. The Labute approximate surface area is 195 Å². The van der Waals surface area contributed by atoms with Gasteiger partial charge in [0.1, 0.15) is 12.1 Å². The number of carbonyl (C=O) groups excluding carboxylic acids is 1. The molecule has 0 bridgehead atoms. The summed E-state index contributed by atoms with van der Waals surface area (Å²) in [5.41, 5.74) is 5.19. The summed E-state index contributed by atoms with van der Waals surface area (Å²) in [5, 5.41) is 0. The lowest BCUT2D eigenvalue weighted by Gasteiger charge is -2.47. The summed E-state index contributed by atoms with van der Waals surface area (Å²) in [6.45, 7) is 0.637. The summed E-state index contributed by atoms with van der Waals surface area (Å²) in [6, 6.07) is -5.40. The SMILES string of the molecule is [2H]c1c2c(c([2H])c(OC)c1OC)C1([2H])N(C([2H])([2H])C2)C([2H])([2H])C([2H])(CC(C)C)C(OC(=O)[C@@H](N)C(C)C)C1([2H])[2H]. The number of carbonyl (C=O) groups is 1. The lowest BCUT2D eigenvalue weighted by Crippen LogP contribution is -2.51. The molecule has 2 heterocycles. The summed E-state index contributed by atoms with van der Waals surface area (Å²) in [5.74, 6) is -5.14. The first kappa shape index (κ1) is 12.9. The number of piperidine rings is 1. The van der Waals surface area contributed by atoms with Crippen molar-refractivity contribution in [2.45, 2.75) is 65.1 Å². The normalized spacial score (nSPS) is 39.7. The topological polar surface area (TPSA) is 74.0 Å². The third-order valence-corrected chi connectivity index (χ3v) is 4.99. The Morgan fingerprint density at radius 3 is 2.57 bits per heavy atom. The summed E-state index contributed by atoms with van der Waals surface area (Å²) < 4.78 is 107. The van der Waals surface area contributed by atoms with Crippen molar-refractivity contribution < 1.29 is 32.7 Å². The third-order valence-electron chi connectivity index (χ3n) is 4.99. The first-order chi connectivity index (χ1) is 18.1. The van der Waals surface area contributed by atoms with E-state index in [1.807, 2.05) is 0 Å². The second-order valence-corrected chi connectivity index (χ2v) is 8.16. The van der Waals surface area contributed by atoms with Crippen molar-refractivity contribution in [1.82, 2.24) is 4.90 Å². The molecule has 2 aliphatic heterocycles. The van der Waals surface area contributed by atoms with Crippen LogP contribution in [0, 0.1) is 17.7 Å². The summed E-state index contributed by atoms with van der Waals surface area (Å²) >= 11 is 0.